The van der Waals surface area contributed by atoms with Crippen LogP contribution in [0.15, 0.2) is 59.5 Å². The zero-order valence-corrected chi connectivity index (χ0v) is 22.0. The highest BCUT2D eigenvalue weighted by molar-refractivity contribution is 7.97. The molecule has 5 rings (SSSR count). The molecule has 2 fully saturated rings. The molecular formula is C29H30ClF2NO3S. The Balaban J connectivity index is 1.26. The molecule has 3 aromatic carbocycles. The summed E-state index contributed by atoms with van der Waals surface area (Å²) in [5.41, 5.74) is -0.316. The highest BCUT2D eigenvalue weighted by atomic mass is 35.5. The van der Waals surface area contributed by atoms with Gasteiger partial charge < -0.3 is 14.3 Å². The average Bonchev–Trinajstić information content (AvgIpc) is 3.60. The fraction of sp³-hybridized carbons (Fsp3) is 0.414. The van der Waals surface area contributed by atoms with E-state index in [1.165, 1.54) is 31.0 Å². The molecule has 2 aliphatic rings. The number of hydrogen-bond acceptors (Lipinski definition) is 5. The Morgan fingerprint density at radius 1 is 0.892 bits per heavy atom. The summed E-state index contributed by atoms with van der Waals surface area (Å²) < 4.78 is 45.4. The Labute approximate surface area is 225 Å². The van der Waals surface area contributed by atoms with E-state index in [0.717, 1.165) is 71.9 Å². The summed E-state index contributed by atoms with van der Waals surface area (Å²) in [6.07, 6.45) is 8.97. The van der Waals surface area contributed by atoms with E-state index >= 15 is 8.78 Å². The number of aldehydes is 1. The van der Waals surface area contributed by atoms with Gasteiger partial charge in [0, 0.05) is 10.5 Å². The van der Waals surface area contributed by atoms with E-state index in [9.17, 15) is 4.79 Å². The number of rotatable bonds is 10. The summed E-state index contributed by atoms with van der Waals surface area (Å²) in [7, 11) is 0. The Morgan fingerprint density at radius 2 is 1.54 bits per heavy atom. The first kappa shape index (κ1) is 26.3. The third kappa shape index (κ3) is 6.21. The second-order valence-corrected chi connectivity index (χ2v) is 11.1. The number of fused-ring (bicyclic) bond motifs is 1. The molecule has 0 spiro atoms. The SMILES string of the molecule is O=CC(NSc1ccc2cc(OC3CCCC3)ccc2c1)C(F)(F)c1ccc(Cl)c(OC2CCCC2)c1. The molecule has 196 valence electrons. The van der Waals surface area contributed by atoms with Crippen molar-refractivity contribution < 1.29 is 23.0 Å². The normalized spacial score (nSPS) is 17.8. The molecule has 3 aromatic rings. The summed E-state index contributed by atoms with van der Waals surface area (Å²) in [5, 5.41) is 2.25. The minimum Gasteiger partial charge on any atom is -0.490 e. The second-order valence-electron chi connectivity index (χ2n) is 9.82. The van der Waals surface area contributed by atoms with E-state index in [-0.39, 0.29) is 34.8 Å². The smallest absolute Gasteiger partial charge is 0.295 e. The summed E-state index contributed by atoms with van der Waals surface area (Å²) in [6, 6.07) is 13.8. The maximum Gasteiger partial charge on any atom is 0.295 e. The molecule has 1 atom stereocenters. The summed E-state index contributed by atoms with van der Waals surface area (Å²) in [4.78, 5) is 12.5. The number of hydrogen-bond donors (Lipinski definition) is 1. The number of alkyl halides is 2. The number of carbonyl (C=O) groups excluding carboxylic acids is 1. The molecule has 0 amide bonds. The molecule has 2 aliphatic carbocycles. The highest BCUT2D eigenvalue weighted by Gasteiger charge is 2.42. The lowest BCUT2D eigenvalue weighted by atomic mass is 10.0. The van der Waals surface area contributed by atoms with Gasteiger partial charge in [0.2, 0.25) is 0 Å². The number of carbonyl (C=O) groups is 1. The minimum absolute atomic E-state index is 0.0184. The van der Waals surface area contributed by atoms with Gasteiger partial charge in [-0.15, -0.1) is 0 Å². The maximum atomic E-state index is 15.4. The van der Waals surface area contributed by atoms with E-state index in [1.807, 2.05) is 36.4 Å². The van der Waals surface area contributed by atoms with E-state index < -0.39 is 12.0 Å². The zero-order chi connectivity index (χ0) is 25.8. The molecule has 1 N–H and O–H groups in total. The van der Waals surface area contributed by atoms with Gasteiger partial charge in [-0.05, 0) is 110 Å². The zero-order valence-electron chi connectivity index (χ0n) is 20.4. The predicted octanol–water partition coefficient (Wildman–Crippen LogP) is 8.09. The quantitative estimate of drug-likeness (QED) is 0.206. The number of halogens is 3. The lowest BCUT2D eigenvalue weighted by molar-refractivity contribution is -0.119. The van der Waals surface area contributed by atoms with Gasteiger partial charge in [0.1, 0.15) is 23.8 Å². The Hall–Kier alpha value is -2.35. The van der Waals surface area contributed by atoms with Crippen LogP contribution >= 0.6 is 23.5 Å². The fourth-order valence-electron chi connectivity index (χ4n) is 5.02. The van der Waals surface area contributed by atoms with E-state index in [2.05, 4.69) is 4.72 Å². The van der Waals surface area contributed by atoms with E-state index in [0.29, 0.717) is 0 Å². The standard InChI is InChI=1S/C29H30ClF2NO3S/c30-26-14-11-21(17-27(26)36-23-7-3-4-8-23)29(31,32)28(18-34)33-37-25-13-10-19-15-24(12-9-20(19)16-25)35-22-5-1-2-6-22/h9-18,22-23,28,33H,1-8H2. The Kier molecular flexibility index (Phi) is 8.22. The van der Waals surface area contributed by atoms with Crippen molar-refractivity contribution in [3.05, 3.63) is 65.2 Å². The van der Waals surface area contributed by atoms with Gasteiger partial charge in [-0.2, -0.15) is 8.78 Å². The lowest BCUT2D eigenvalue weighted by Crippen LogP contribution is -2.41. The monoisotopic (exact) mass is 545 g/mol. The van der Waals surface area contributed by atoms with Crippen LogP contribution in [0.4, 0.5) is 8.78 Å². The third-order valence-corrected chi connectivity index (χ3v) is 8.30. The predicted molar refractivity (Wildman–Crippen MR) is 144 cm³/mol. The van der Waals surface area contributed by atoms with Crippen LogP contribution in [-0.2, 0) is 10.7 Å². The van der Waals surface area contributed by atoms with Crippen molar-refractivity contribution in [2.75, 3.05) is 0 Å². The van der Waals surface area contributed by atoms with Crippen LogP contribution in [0.5, 0.6) is 11.5 Å². The first-order valence-corrected chi connectivity index (χ1v) is 14.0. The van der Waals surface area contributed by atoms with Gasteiger partial charge in [-0.3, -0.25) is 0 Å². The molecule has 0 aromatic heterocycles. The Morgan fingerprint density at radius 3 is 2.24 bits per heavy atom. The van der Waals surface area contributed by atoms with Crippen molar-refractivity contribution in [3.63, 3.8) is 0 Å². The summed E-state index contributed by atoms with van der Waals surface area (Å²) >= 11 is 7.22. The number of nitrogens with one attached hydrogen (secondary N) is 1. The van der Waals surface area contributed by atoms with Crippen molar-refractivity contribution in [3.8, 4) is 11.5 Å². The summed E-state index contributed by atoms with van der Waals surface area (Å²) in [5.74, 6) is -2.39. The molecule has 2 saturated carbocycles. The molecule has 0 bridgehead atoms. The lowest BCUT2D eigenvalue weighted by Gasteiger charge is -2.25. The van der Waals surface area contributed by atoms with Gasteiger partial charge >= 0.3 is 0 Å². The van der Waals surface area contributed by atoms with Crippen molar-refractivity contribution in [1.29, 1.82) is 0 Å². The first-order chi connectivity index (χ1) is 17.9. The van der Waals surface area contributed by atoms with Crippen molar-refractivity contribution in [2.45, 2.75) is 80.4 Å². The van der Waals surface area contributed by atoms with Crippen LogP contribution in [0.25, 0.3) is 10.8 Å². The van der Waals surface area contributed by atoms with Crippen molar-refractivity contribution in [2.24, 2.45) is 0 Å². The molecule has 0 aliphatic heterocycles. The topological polar surface area (TPSA) is 47.6 Å². The van der Waals surface area contributed by atoms with Crippen LogP contribution in [0.3, 0.4) is 0 Å². The molecular weight excluding hydrogens is 516 g/mol. The molecule has 37 heavy (non-hydrogen) atoms. The van der Waals surface area contributed by atoms with Gasteiger partial charge in [0.15, 0.2) is 0 Å². The molecule has 0 saturated heterocycles. The first-order valence-electron chi connectivity index (χ1n) is 12.8. The maximum absolute atomic E-state index is 15.4. The average molecular weight is 546 g/mol. The van der Waals surface area contributed by atoms with E-state index in [1.54, 1.807) is 0 Å². The third-order valence-electron chi connectivity index (χ3n) is 7.13. The van der Waals surface area contributed by atoms with Crippen LogP contribution in [0.2, 0.25) is 5.02 Å². The minimum atomic E-state index is -3.46. The van der Waals surface area contributed by atoms with Gasteiger partial charge in [0.25, 0.3) is 5.92 Å². The van der Waals surface area contributed by atoms with Gasteiger partial charge in [0.05, 0.1) is 17.2 Å². The Bertz CT molecular complexity index is 1250. The molecule has 1 unspecified atom stereocenters. The molecule has 0 radical (unpaired) electrons. The van der Waals surface area contributed by atoms with Crippen LogP contribution in [0, 0.1) is 0 Å². The van der Waals surface area contributed by atoms with Gasteiger partial charge in [-0.1, -0.05) is 29.8 Å². The van der Waals surface area contributed by atoms with Crippen molar-refractivity contribution >= 4 is 40.6 Å². The van der Waals surface area contributed by atoms with Crippen molar-refractivity contribution in [1.82, 2.24) is 4.72 Å². The largest absolute Gasteiger partial charge is 0.490 e. The van der Waals surface area contributed by atoms with Gasteiger partial charge in [-0.25, -0.2) is 4.72 Å². The van der Waals surface area contributed by atoms with Crippen LogP contribution in [-0.4, -0.2) is 24.5 Å². The number of benzene rings is 3. The van der Waals surface area contributed by atoms with E-state index in [4.69, 9.17) is 21.1 Å². The fourth-order valence-corrected chi connectivity index (χ4v) is 5.97. The second kappa shape index (κ2) is 11.6. The molecule has 8 heteroatoms. The highest BCUT2D eigenvalue weighted by Crippen LogP contribution is 2.38. The van der Waals surface area contributed by atoms with Crippen LogP contribution < -0.4 is 14.2 Å². The molecule has 0 heterocycles. The number of ether oxygens (including phenoxy) is 2. The molecule has 4 nitrogen and oxygen atoms in total. The summed E-state index contributed by atoms with van der Waals surface area (Å²) in [6.45, 7) is 0. The van der Waals surface area contributed by atoms with Crippen LogP contribution in [0.1, 0.15) is 56.9 Å².